The Morgan fingerprint density at radius 1 is 1.24 bits per heavy atom. The molecule has 0 spiro atoms. The van der Waals surface area contributed by atoms with E-state index in [1.54, 1.807) is 31.2 Å². The van der Waals surface area contributed by atoms with Crippen LogP contribution >= 0.6 is 0 Å². The largest absolute Gasteiger partial charge is 0.465 e. The van der Waals surface area contributed by atoms with Crippen LogP contribution in [0.2, 0.25) is 0 Å². The Labute approximate surface area is 126 Å². The van der Waals surface area contributed by atoms with E-state index in [1.807, 2.05) is 13.0 Å². The van der Waals surface area contributed by atoms with Gasteiger partial charge in [-0.25, -0.2) is 0 Å². The number of ether oxygens (including phenoxy) is 1. The molecule has 1 unspecified atom stereocenters. The fraction of sp³-hybridized carbons (Fsp3) is 0.533. The van der Waals surface area contributed by atoms with Crippen molar-refractivity contribution in [2.75, 3.05) is 13.2 Å². The lowest BCUT2D eigenvalue weighted by Gasteiger charge is -2.12. The van der Waals surface area contributed by atoms with Crippen molar-refractivity contribution in [3.63, 3.8) is 0 Å². The number of esters is 1. The zero-order chi connectivity index (χ0) is 15.7. The van der Waals surface area contributed by atoms with Crippen molar-refractivity contribution in [2.45, 2.75) is 32.4 Å². The molecule has 0 aromatic heterocycles. The van der Waals surface area contributed by atoms with Crippen LogP contribution in [-0.4, -0.2) is 27.6 Å². The average molecular weight is 314 g/mol. The molecule has 21 heavy (non-hydrogen) atoms. The molecule has 6 heteroatoms. The molecule has 1 atom stereocenters. The van der Waals surface area contributed by atoms with Gasteiger partial charge in [0.25, 0.3) is 10.1 Å². The molecule has 0 bridgehead atoms. The number of carbonyl (C=O) groups excluding carboxylic acids is 1. The van der Waals surface area contributed by atoms with Crippen molar-refractivity contribution in [1.29, 1.82) is 0 Å². The van der Waals surface area contributed by atoms with Crippen LogP contribution in [0.5, 0.6) is 0 Å². The fourth-order valence-corrected chi connectivity index (χ4v) is 2.65. The molecule has 0 amide bonds. The van der Waals surface area contributed by atoms with Gasteiger partial charge in [0.15, 0.2) is 0 Å². The molecule has 1 aromatic rings. The zero-order valence-electron chi connectivity index (χ0n) is 12.4. The molecule has 0 heterocycles. The summed E-state index contributed by atoms with van der Waals surface area (Å²) in [7, 11) is -3.70. The summed E-state index contributed by atoms with van der Waals surface area (Å²) in [6.07, 6.45) is 1.73. The third-order valence-electron chi connectivity index (χ3n) is 2.83. The van der Waals surface area contributed by atoms with Gasteiger partial charge in [-0.15, -0.1) is 0 Å². The van der Waals surface area contributed by atoms with Gasteiger partial charge in [-0.1, -0.05) is 43.7 Å². The molecule has 0 saturated heterocycles. The van der Waals surface area contributed by atoms with Crippen molar-refractivity contribution >= 4 is 16.1 Å². The summed E-state index contributed by atoms with van der Waals surface area (Å²) in [4.78, 5) is 11.6. The number of rotatable bonds is 9. The Bertz CT molecular complexity index is 524. The van der Waals surface area contributed by atoms with Crippen LogP contribution in [-0.2, 0) is 29.6 Å². The maximum atomic E-state index is 11.8. The first-order valence-corrected chi connectivity index (χ1v) is 8.60. The summed E-state index contributed by atoms with van der Waals surface area (Å²) in [5.74, 6) is -1.24. The van der Waals surface area contributed by atoms with Gasteiger partial charge in [-0.2, -0.15) is 8.42 Å². The third kappa shape index (κ3) is 7.24. The summed E-state index contributed by atoms with van der Waals surface area (Å²) in [5, 5.41) is 0. The summed E-state index contributed by atoms with van der Waals surface area (Å²) in [6, 6.07) is 8.76. The third-order valence-corrected chi connectivity index (χ3v) is 4.01. The second-order valence-corrected chi connectivity index (χ2v) is 6.53. The van der Waals surface area contributed by atoms with Crippen molar-refractivity contribution in [3.8, 4) is 0 Å². The van der Waals surface area contributed by atoms with Gasteiger partial charge < -0.3 is 4.74 Å². The molecule has 0 aliphatic heterocycles. The first kappa shape index (κ1) is 17.7. The average Bonchev–Trinajstić information content (AvgIpc) is 2.45. The number of unbranched alkanes of at least 4 members (excludes halogenated alkanes) is 1. The van der Waals surface area contributed by atoms with Crippen molar-refractivity contribution in [2.24, 2.45) is 5.92 Å². The van der Waals surface area contributed by atoms with Crippen LogP contribution in [0.1, 0.15) is 32.3 Å². The molecular weight excluding hydrogens is 292 g/mol. The quantitative estimate of drug-likeness (QED) is 0.398. The Morgan fingerprint density at radius 2 is 1.90 bits per heavy atom. The normalized spacial score (nSPS) is 12.9. The van der Waals surface area contributed by atoms with Gasteiger partial charge >= 0.3 is 5.97 Å². The molecule has 1 rings (SSSR count). The standard InChI is InChI=1S/C15H22O5S/c1-3-4-10-19-15(16)13(2)11-20-21(17,18)12-14-8-6-5-7-9-14/h5-9,13H,3-4,10-12H2,1-2H3. The highest BCUT2D eigenvalue weighted by Crippen LogP contribution is 2.10. The second kappa shape index (κ2) is 8.79. The lowest BCUT2D eigenvalue weighted by Crippen LogP contribution is -2.22. The Kier molecular flexibility index (Phi) is 7.39. The number of benzene rings is 1. The summed E-state index contributed by atoms with van der Waals surface area (Å²) >= 11 is 0. The van der Waals surface area contributed by atoms with Gasteiger partial charge in [0.1, 0.15) is 5.75 Å². The molecule has 0 aliphatic rings. The minimum Gasteiger partial charge on any atom is -0.465 e. The smallest absolute Gasteiger partial charge is 0.311 e. The SMILES string of the molecule is CCCCOC(=O)C(C)COS(=O)(=O)Cc1ccccc1. The maximum absolute atomic E-state index is 11.8. The topological polar surface area (TPSA) is 69.7 Å². The number of carbonyl (C=O) groups is 1. The van der Waals surface area contributed by atoms with Crippen molar-refractivity contribution < 1.29 is 22.1 Å². The second-order valence-electron chi connectivity index (χ2n) is 4.89. The monoisotopic (exact) mass is 314 g/mol. The van der Waals surface area contributed by atoms with Crippen LogP contribution in [0.4, 0.5) is 0 Å². The Balaban J connectivity index is 2.40. The zero-order valence-corrected chi connectivity index (χ0v) is 13.3. The van der Waals surface area contributed by atoms with Gasteiger partial charge in [-0.3, -0.25) is 8.98 Å². The molecule has 0 radical (unpaired) electrons. The van der Waals surface area contributed by atoms with Crippen LogP contribution in [0.15, 0.2) is 30.3 Å². The van der Waals surface area contributed by atoms with Crippen molar-refractivity contribution in [3.05, 3.63) is 35.9 Å². The molecular formula is C15H22O5S. The molecule has 1 aromatic carbocycles. The van der Waals surface area contributed by atoms with E-state index in [9.17, 15) is 13.2 Å². The number of hydrogen-bond donors (Lipinski definition) is 0. The van der Waals surface area contributed by atoms with E-state index in [1.165, 1.54) is 0 Å². The minimum atomic E-state index is -3.70. The van der Waals surface area contributed by atoms with Crippen LogP contribution in [0.3, 0.4) is 0 Å². The van der Waals surface area contributed by atoms with E-state index in [4.69, 9.17) is 8.92 Å². The maximum Gasteiger partial charge on any atom is 0.311 e. The summed E-state index contributed by atoms with van der Waals surface area (Å²) in [5.41, 5.74) is 0.649. The molecule has 5 nitrogen and oxygen atoms in total. The molecule has 0 aliphatic carbocycles. The molecule has 0 saturated carbocycles. The van der Waals surface area contributed by atoms with Crippen LogP contribution < -0.4 is 0 Å². The van der Waals surface area contributed by atoms with E-state index in [2.05, 4.69) is 0 Å². The van der Waals surface area contributed by atoms with Gasteiger partial charge in [0, 0.05) is 0 Å². The Hall–Kier alpha value is -1.40. The molecule has 0 N–H and O–H groups in total. The van der Waals surface area contributed by atoms with Gasteiger partial charge in [-0.05, 0) is 18.9 Å². The van der Waals surface area contributed by atoms with Crippen molar-refractivity contribution in [1.82, 2.24) is 0 Å². The van der Waals surface area contributed by atoms with E-state index in [-0.39, 0.29) is 12.4 Å². The predicted molar refractivity (Wildman–Crippen MR) is 80.0 cm³/mol. The van der Waals surface area contributed by atoms with E-state index < -0.39 is 22.0 Å². The molecule has 0 fully saturated rings. The van der Waals surface area contributed by atoms with E-state index in [0.717, 1.165) is 12.8 Å². The first-order chi connectivity index (χ1) is 9.94. The Morgan fingerprint density at radius 3 is 2.52 bits per heavy atom. The van der Waals surface area contributed by atoms with Crippen LogP contribution in [0, 0.1) is 5.92 Å². The summed E-state index contributed by atoms with van der Waals surface area (Å²) in [6.45, 7) is 3.75. The van der Waals surface area contributed by atoms with E-state index >= 15 is 0 Å². The van der Waals surface area contributed by atoms with Gasteiger partial charge in [0.2, 0.25) is 0 Å². The highest BCUT2D eigenvalue weighted by atomic mass is 32.2. The highest BCUT2D eigenvalue weighted by molar-refractivity contribution is 7.85. The lowest BCUT2D eigenvalue weighted by molar-refractivity contribution is -0.148. The van der Waals surface area contributed by atoms with Gasteiger partial charge in [0.05, 0.1) is 19.1 Å². The minimum absolute atomic E-state index is 0.194. The molecule has 118 valence electrons. The van der Waals surface area contributed by atoms with Crippen LogP contribution in [0.25, 0.3) is 0 Å². The highest BCUT2D eigenvalue weighted by Gasteiger charge is 2.19. The summed E-state index contributed by atoms with van der Waals surface area (Å²) < 4.78 is 33.5. The predicted octanol–water partition coefficient (Wildman–Crippen LogP) is 2.51. The lowest BCUT2D eigenvalue weighted by atomic mass is 10.2. The number of hydrogen-bond acceptors (Lipinski definition) is 5. The fourth-order valence-electron chi connectivity index (χ4n) is 1.55. The first-order valence-electron chi connectivity index (χ1n) is 7.02. The van der Waals surface area contributed by atoms with E-state index in [0.29, 0.717) is 12.2 Å².